The number of carbonyl (C=O) groups is 1. The van der Waals surface area contributed by atoms with Crippen LogP contribution in [0.1, 0.15) is 42.1 Å². The first kappa shape index (κ1) is 16.8. The summed E-state index contributed by atoms with van der Waals surface area (Å²) < 4.78 is 40.1. The van der Waals surface area contributed by atoms with Crippen LogP contribution in [0.25, 0.3) is 0 Å². The lowest BCUT2D eigenvalue weighted by molar-refractivity contribution is -0.160. The van der Waals surface area contributed by atoms with Crippen molar-refractivity contribution in [1.29, 1.82) is 0 Å². The lowest BCUT2D eigenvalue weighted by Crippen LogP contribution is -2.38. The van der Waals surface area contributed by atoms with E-state index in [-0.39, 0.29) is 29.0 Å². The molecule has 1 fully saturated rings. The van der Waals surface area contributed by atoms with Gasteiger partial charge in [0.2, 0.25) is 0 Å². The Balaban J connectivity index is 2.54. The van der Waals surface area contributed by atoms with Crippen molar-refractivity contribution >= 4 is 17.5 Å². The zero-order valence-corrected chi connectivity index (χ0v) is 12.8. The standard InChI is InChI=1S/C15H16ClF3N2O/c1-3-9(2)21(20)13(22)12-10(5-4-6-11(12)16)14(7-8-14)15(17,18)19/h4-6H,2-3,7-8,20H2,1H3. The Bertz CT molecular complexity index is 624. The van der Waals surface area contributed by atoms with Gasteiger partial charge in [0.05, 0.1) is 16.0 Å². The van der Waals surface area contributed by atoms with Crippen LogP contribution in [-0.2, 0) is 5.41 Å². The van der Waals surface area contributed by atoms with Gasteiger partial charge in [0, 0.05) is 5.70 Å². The molecular weight excluding hydrogens is 317 g/mol. The monoisotopic (exact) mass is 332 g/mol. The van der Waals surface area contributed by atoms with Crippen LogP contribution in [0.2, 0.25) is 5.02 Å². The van der Waals surface area contributed by atoms with Crippen molar-refractivity contribution in [3.05, 3.63) is 46.6 Å². The Kier molecular flexibility index (Phi) is 4.28. The molecule has 0 atom stereocenters. The Morgan fingerprint density at radius 3 is 2.50 bits per heavy atom. The third kappa shape index (κ3) is 2.61. The summed E-state index contributed by atoms with van der Waals surface area (Å²) in [4.78, 5) is 12.5. The summed E-state index contributed by atoms with van der Waals surface area (Å²) in [7, 11) is 0. The molecule has 3 nitrogen and oxygen atoms in total. The minimum absolute atomic E-state index is 0.0441. The number of hydrogen-bond acceptors (Lipinski definition) is 2. The van der Waals surface area contributed by atoms with Gasteiger partial charge in [-0.05, 0) is 30.9 Å². The van der Waals surface area contributed by atoms with E-state index >= 15 is 0 Å². The Labute approximate surface area is 131 Å². The molecule has 1 aromatic carbocycles. The average Bonchev–Trinajstić information content (AvgIpc) is 3.25. The summed E-state index contributed by atoms with van der Waals surface area (Å²) in [5.41, 5.74) is -2.02. The second-order valence-corrected chi connectivity index (χ2v) is 5.74. The van der Waals surface area contributed by atoms with Crippen molar-refractivity contribution < 1.29 is 18.0 Å². The van der Waals surface area contributed by atoms with Gasteiger partial charge in [0.1, 0.15) is 0 Å². The number of hydrazine groups is 1. The van der Waals surface area contributed by atoms with Gasteiger partial charge in [0.15, 0.2) is 0 Å². The number of nitrogens with zero attached hydrogens (tertiary/aromatic N) is 1. The fraction of sp³-hybridized carbons (Fsp3) is 0.400. The molecule has 0 radical (unpaired) electrons. The first-order valence-electron chi connectivity index (χ1n) is 6.78. The number of benzene rings is 1. The van der Waals surface area contributed by atoms with Crippen molar-refractivity contribution in [2.24, 2.45) is 5.84 Å². The number of halogens is 4. The molecule has 0 aromatic heterocycles. The molecule has 1 aliphatic carbocycles. The van der Waals surface area contributed by atoms with Crippen molar-refractivity contribution in [3.8, 4) is 0 Å². The minimum Gasteiger partial charge on any atom is -0.267 e. The molecule has 1 saturated carbocycles. The van der Waals surface area contributed by atoms with Gasteiger partial charge < -0.3 is 0 Å². The highest BCUT2D eigenvalue weighted by Crippen LogP contribution is 2.60. The van der Waals surface area contributed by atoms with E-state index in [0.717, 1.165) is 5.01 Å². The van der Waals surface area contributed by atoms with Gasteiger partial charge in [-0.2, -0.15) is 13.2 Å². The fourth-order valence-electron chi connectivity index (χ4n) is 2.41. The van der Waals surface area contributed by atoms with Crippen LogP contribution in [0.3, 0.4) is 0 Å². The summed E-state index contributed by atoms with van der Waals surface area (Å²) in [6.45, 7) is 5.36. The molecule has 0 spiro atoms. The summed E-state index contributed by atoms with van der Waals surface area (Å²) in [6.07, 6.45) is -4.16. The summed E-state index contributed by atoms with van der Waals surface area (Å²) >= 11 is 6.00. The highest BCUT2D eigenvalue weighted by Gasteiger charge is 2.65. The molecule has 1 amide bonds. The van der Waals surface area contributed by atoms with Gasteiger partial charge in [-0.1, -0.05) is 37.2 Å². The minimum atomic E-state index is -4.44. The van der Waals surface area contributed by atoms with E-state index < -0.39 is 17.5 Å². The summed E-state index contributed by atoms with van der Waals surface area (Å²) in [5, 5.41) is 0.717. The van der Waals surface area contributed by atoms with E-state index in [1.165, 1.54) is 18.2 Å². The van der Waals surface area contributed by atoms with E-state index in [1.807, 2.05) is 0 Å². The molecule has 1 aliphatic rings. The molecule has 0 heterocycles. The fourth-order valence-corrected chi connectivity index (χ4v) is 2.66. The van der Waals surface area contributed by atoms with Gasteiger partial charge >= 0.3 is 6.18 Å². The lowest BCUT2D eigenvalue weighted by atomic mass is 9.90. The molecule has 7 heteroatoms. The van der Waals surface area contributed by atoms with Crippen molar-refractivity contribution in [2.75, 3.05) is 0 Å². The Hall–Kier alpha value is -1.53. The van der Waals surface area contributed by atoms with Gasteiger partial charge in [-0.25, -0.2) is 10.9 Å². The van der Waals surface area contributed by atoms with Crippen LogP contribution in [-0.4, -0.2) is 17.1 Å². The predicted molar refractivity (Wildman–Crippen MR) is 78.2 cm³/mol. The van der Waals surface area contributed by atoms with Gasteiger partial charge in [0.25, 0.3) is 5.91 Å². The number of amides is 1. The second-order valence-electron chi connectivity index (χ2n) is 5.34. The van der Waals surface area contributed by atoms with E-state index in [9.17, 15) is 18.0 Å². The van der Waals surface area contributed by atoms with Crippen molar-refractivity contribution in [3.63, 3.8) is 0 Å². The average molecular weight is 333 g/mol. The number of rotatable bonds is 4. The number of allylic oxidation sites excluding steroid dienone is 1. The molecule has 22 heavy (non-hydrogen) atoms. The second kappa shape index (κ2) is 5.59. The zero-order valence-electron chi connectivity index (χ0n) is 12.0. The van der Waals surface area contributed by atoms with E-state index in [1.54, 1.807) is 6.92 Å². The topological polar surface area (TPSA) is 46.3 Å². The largest absolute Gasteiger partial charge is 0.398 e. The quantitative estimate of drug-likeness (QED) is 0.511. The third-order valence-corrected chi connectivity index (χ3v) is 4.32. The van der Waals surface area contributed by atoms with Crippen molar-refractivity contribution in [2.45, 2.75) is 37.8 Å². The molecule has 120 valence electrons. The number of nitrogens with two attached hydrogens (primary N) is 1. The Morgan fingerprint density at radius 1 is 1.45 bits per heavy atom. The molecule has 2 N–H and O–H groups in total. The normalized spacial score (nSPS) is 16.3. The highest BCUT2D eigenvalue weighted by atomic mass is 35.5. The SMILES string of the molecule is C=C(CC)N(N)C(=O)c1c(Cl)cccc1C1(C(F)(F)F)CC1. The van der Waals surface area contributed by atoms with Gasteiger partial charge in [-0.3, -0.25) is 4.79 Å². The molecule has 2 rings (SSSR count). The van der Waals surface area contributed by atoms with Crippen molar-refractivity contribution in [1.82, 2.24) is 5.01 Å². The molecule has 0 bridgehead atoms. The summed E-state index contributed by atoms with van der Waals surface area (Å²) in [5.74, 6) is 4.88. The smallest absolute Gasteiger partial charge is 0.267 e. The van der Waals surface area contributed by atoms with Gasteiger partial charge in [-0.15, -0.1) is 0 Å². The molecule has 0 saturated heterocycles. The maximum Gasteiger partial charge on any atom is 0.398 e. The molecule has 0 aliphatic heterocycles. The first-order valence-corrected chi connectivity index (χ1v) is 7.16. The number of carbonyl (C=O) groups excluding carboxylic acids is 1. The van der Waals surface area contributed by atoms with Crippen LogP contribution in [0, 0.1) is 0 Å². The van der Waals surface area contributed by atoms with E-state index in [2.05, 4.69) is 6.58 Å². The lowest BCUT2D eigenvalue weighted by Gasteiger charge is -2.25. The van der Waals surface area contributed by atoms with Crippen LogP contribution >= 0.6 is 11.6 Å². The van der Waals surface area contributed by atoms with Crippen LogP contribution in [0.4, 0.5) is 13.2 Å². The summed E-state index contributed by atoms with van der Waals surface area (Å²) in [6, 6.07) is 4.09. The van der Waals surface area contributed by atoms with E-state index in [4.69, 9.17) is 17.4 Å². The zero-order chi connectivity index (χ0) is 16.7. The van der Waals surface area contributed by atoms with Crippen LogP contribution in [0.15, 0.2) is 30.5 Å². The molecule has 0 unspecified atom stereocenters. The molecular formula is C15H16ClF3N2O. The Morgan fingerprint density at radius 2 is 2.05 bits per heavy atom. The number of alkyl halides is 3. The first-order chi connectivity index (χ1) is 10.2. The molecule has 1 aromatic rings. The van der Waals surface area contributed by atoms with Crippen LogP contribution < -0.4 is 5.84 Å². The predicted octanol–water partition coefficient (Wildman–Crippen LogP) is 4.17. The third-order valence-electron chi connectivity index (χ3n) is 4.00. The van der Waals surface area contributed by atoms with Crippen LogP contribution in [0.5, 0.6) is 0 Å². The maximum atomic E-state index is 13.4. The number of hydrogen-bond donors (Lipinski definition) is 1. The van der Waals surface area contributed by atoms with E-state index in [0.29, 0.717) is 12.1 Å². The maximum absolute atomic E-state index is 13.4. The highest BCUT2D eigenvalue weighted by molar-refractivity contribution is 6.34.